The first-order chi connectivity index (χ1) is 13.5. The van der Waals surface area contributed by atoms with Crippen LogP contribution in [0.5, 0.6) is 11.5 Å². The molecule has 1 aliphatic heterocycles. The van der Waals surface area contributed by atoms with Gasteiger partial charge in [-0.3, -0.25) is 0 Å². The molecular formula is C23H29F2NO3. The quantitative estimate of drug-likeness (QED) is 0.695. The molecule has 3 rings (SSSR count). The second kappa shape index (κ2) is 7.92. The number of hydrogen-bond donors (Lipinski definition) is 1. The van der Waals surface area contributed by atoms with Crippen molar-refractivity contribution in [1.29, 1.82) is 0 Å². The van der Waals surface area contributed by atoms with Crippen molar-refractivity contribution < 1.29 is 23.5 Å². The van der Waals surface area contributed by atoms with Crippen LogP contribution in [0.3, 0.4) is 0 Å². The first-order valence-corrected chi connectivity index (χ1v) is 9.77. The Balaban J connectivity index is 1.74. The largest absolute Gasteiger partial charge is 0.497 e. The smallest absolute Gasteiger partial charge is 0.165 e. The number of nitrogens with zero attached hydrogens (tertiary/aromatic N) is 1. The van der Waals surface area contributed by atoms with Crippen molar-refractivity contribution in [2.75, 3.05) is 7.11 Å². The van der Waals surface area contributed by atoms with E-state index >= 15 is 0 Å². The van der Waals surface area contributed by atoms with Crippen LogP contribution in [-0.2, 0) is 6.61 Å². The minimum absolute atomic E-state index is 0.0743. The Bertz CT molecular complexity index is 864. The van der Waals surface area contributed by atoms with Gasteiger partial charge in [-0.25, -0.2) is 8.78 Å². The maximum absolute atomic E-state index is 14.7. The van der Waals surface area contributed by atoms with Gasteiger partial charge in [0, 0.05) is 22.7 Å². The van der Waals surface area contributed by atoms with Gasteiger partial charge in [0.2, 0.25) is 0 Å². The predicted molar refractivity (Wildman–Crippen MR) is 107 cm³/mol. The number of piperidine rings is 1. The number of halogens is 2. The minimum Gasteiger partial charge on any atom is -0.497 e. The number of methoxy groups -OCH3 is 1. The fourth-order valence-electron chi connectivity index (χ4n) is 4.32. The molecule has 0 bridgehead atoms. The molecule has 4 nitrogen and oxygen atoms in total. The summed E-state index contributed by atoms with van der Waals surface area (Å²) < 4.78 is 39.2. The Morgan fingerprint density at radius 1 is 1.00 bits per heavy atom. The second-order valence-corrected chi connectivity index (χ2v) is 8.98. The summed E-state index contributed by atoms with van der Waals surface area (Å²) in [4.78, 5) is 0. The third kappa shape index (κ3) is 4.54. The lowest BCUT2D eigenvalue weighted by Crippen LogP contribution is -2.58. The molecule has 0 amide bonds. The zero-order chi connectivity index (χ0) is 21.4. The van der Waals surface area contributed by atoms with Crippen molar-refractivity contribution in [3.05, 3.63) is 59.2 Å². The molecule has 0 spiro atoms. The molecule has 0 radical (unpaired) electrons. The Labute approximate surface area is 171 Å². The Morgan fingerprint density at radius 3 is 2.21 bits per heavy atom. The molecule has 2 aromatic rings. The summed E-state index contributed by atoms with van der Waals surface area (Å²) in [6.07, 6.45) is 1.42. The van der Waals surface area contributed by atoms with Gasteiger partial charge in [0.1, 0.15) is 18.2 Å². The number of benzene rings is 2. The standard InChI is InChI=1S/C23H29F2NO3/c1-22(2)12-17(13-23(3,4)26(22)27)15-7-9-21(20(25)10-15)29-14-16-6-8-18(28-5)11-19(16)24/h6-11,17,27H,12-14H2,1-5H3. The second-order valence-electron chi connectivity index (χ2n) is 8.98. The molecule has 1 saturated heterocycles. The number of ether oxygens (including phenoxy) is 2. The molecule has 0 saturated carbocycles. The van der Waals surface area contributed by atoms with Gasteiger partial charge in [0.15, 0.2) is 11.6 Å². The lowest BCUT2D eigenvalue weighted by Gasteiger charge is -2.51. The molecule has 0 atom stereocenters. The molecule has 1 heterocycles. The topological polar surface area (TPSA) is 41.9 Å². The zero-order valence-electron chi connectivity index (χ0n) is 17.6. The Kier molecular flexibility index (Phi) is 5.88. The normalized spacial score (nSPS) is 19.2. The fraction of sp³-hybridized carbons (Fsp3) is 0.478. The highest BCUT2D eigenvalue weighted by Gasteiger charge is 2.45. The summed E-state index contributed by atoms with van der Waals surface area (Å²) in [5.41, 5.74) is 0.376. The summed E-state index contributed by atoms with van der Waals surface area (Å²) in [5.74, 6) is -0.310. The number of hydrogen-bond acceptors (Lipinski definition) is 4. The molecule has 1 N–H and O–H groups in total. The van der Waals surface area contributed by atoms with E-state index in [9.17, 15) is 14.0 Å². The van der Waals surface area contributed by atoms with Gasteiger partial charge in [-0.15, -0.1) is 0 Å². The lowest BCUT2D eigenvalue weighted by atomic mass is 9.73. The van der Waals surface area contributed by atoms with Crippen molar-refractivity contribution in [1.82, 2.24) is 5.06 Å². The van der Waals surface area contributed by atoms with Gasteiger partial charge in [-0.05, 0) is 76.3 Å². The Morgan fingerprint density at radius 2 is 1.66 bits per heavy atom. The highest BCUT2D eigenvalue weighted by atomic mass is 19.1. The average molecular weight is 405 g/mol. The van der Waals surface area contributed by atoms with E-state index in [1.54, 1.807) is 18.2 Å². The van der Waals surface area contributed by atoms with Crippen LogP contribution < -0.4 is 9.47 Å². The van der Waals surface area contributed by atoms with Crippen molar-refractivity contribution in [3.8, 4) is 11.5 Å². The molecule has 2 aromatic carbocycles. The summed E-state index contributed by atoms with van der Waals surface area (Å²) in [6, 6.07) is 9.41. The molecular weight excluding hydrogens is 376 g/mol. The van der Waals surface area contributed by atoms with Crippen LogP contribution >= 0.6 is 0 Å². The third-order valence-corrected chi connectivity index (χ3v) is 5.71. The maximum atomic E-state index is 14.7. The van der Waals surface area contributed by atoms with Crippen LogP contribution in [0.2, 0.25) is 0 Å². The monoisotopic (exact) mass is 405 g/mol. The molecule has 0 aliphatic carbocycles. The van der Waals surface area contributed by atoms with E-state index in [4.69, 9.17) is 9.47 Å². The van der Waals surface area contributed by atoms with Gasteiger partial charge >= 0.3 is 0 Å². The van der Waals surface area contributed by atoms with Crippen molar-refractivity contribution in [2.45, 2.75) is 64.1 Å². The summed E-state index contributed by atoms with van der Waals surface area (Å²) in [7, 11) is 1.47. The highest BCUT2D eigenvalue weighted by molar-refractivity contribution is 5.33. The molecule has 0 aromatic heterocycles. The van der Waals surface area contributed by atoms with Crippen molar-refractivity contribution >= 4 is 0 Å². The third-order valence-electron chi connectivity index (χ3n) is 5.71. The fourth-order valence-corrected chi connectivity index (χ4v) is 4.32. The van der Waals surface area contributed by atoms with E-state index in [1.165, 1.54) is 24.3 Å². The van der Waals surface area contributed by atoms with E-state index in [0.717, 1.165) is 5.56 Å². The van der Waals surface area contributed by atoms with Crippen LogP contribution in [0.15, 0.2) is 36.4 Å². The predicted octanol–water partition coefficient (Wildman–Crippen LogP) is 5.68. The lowest BCUT2D eigenvalue weighted by molar-refractivity contribution is -0.245. The maximum Gasteiger partial charge on any atom is 0.165 e. The van der Waals surface area contributed by atoms with Gasteiger partial charge in [0.05, 0.1) is 7.11 Å². The molecule has 29 heavy (non-hydrogen) atoms. The first-order valence-electron chi connectivity index (χ1n) is 9.77. The highest BCUT2D eigenvalue weighted by Crippen LogP contribution is 2.45. The SMILES string of the molecule is COc1ccc(COc2ccc(C3CC(C)(C)N(O)C(C)(C)C3)cc2F)c(F)c1. The summed E-state index contributed by atoms with van der Waals surface area (Å²) in [5, 5.41) is 11.9. The molecule has 158 valence electrons. The van der Waals surface area contributed by atoms with Gasteiger partial charge in [-0.2, -0.15) is 5.06 Å². The van der Waals surface area contributed by atoms with Gasteiger partial charge in [-0.1, -0.05) is 6.07 Å². The van der Waals surface area contributed by atoms with Crippen molar-refractivity contribution in [3.63, 3.8) is 0 Å². The summed E-state index contributed by atoms with van der Waals surface area (Å²) in [6.45, 7) is 7.86. The molecule has 1 aliphatic rings. The summed E-state index contributed by atoms with van der Waals surface area (Å²) >= 11 is 0. The first kappa shape index (κ1) is 21.5. The van der Waals surface area contributed by atoms with Crippen LogP contribution in [0.4, 0.5) is 8.78 Å². The molecule has 6 heteroatoms. The van der Waals surface area contributed by atoms with E-state index < -0.39 is 22.7 Å². The molecule has 1 fully saturated rings. The number of hydroxylamine groups is 2. The van der Waals surface area contributed by atoms with Crippen LogP contribution in [0.1, 0.15) is 57.6 Å². The van der Waals surface area contributed by atoms with E-state index in [0.29, 0.717) is 24.2 Å². The van der Waals surface area contributed by atoms with Gasteiger partial charge < -0.3 is 14.7 Å². The zero-order valence-corrected chi connectivity index (χ0v) is 17.6. The van der Waals surface area contributed by atoms with Crippen LogP contribution in [0.25, 0.3) is 0 Å². The van der Waals surface area contributed by atoms with E-state index in [2.05, 4.69) is 0 Å². The Hall–Kier alpha value is -2.18. The minimum atomic E-state index is -0.474. The average Bonchev–Trinajstić information content (AvgIpc) is 2.65. The van der Waals surface area contributed by atoms with E-state index in [-0.39, 0.29) is 18.3 Å². The van der Waals surface area contributed by atoms with E-state index in [1.807, 2.05) is 33.8 Å². The molecule has 0 unspecified atom stereocenters. The van der Waals surface area contributed by atoms with Gasteiger partial charge in [0.25, 0.3) is 0 Å². The van der Waals surface area contributed by atoms with Crippen LogP contribution in [0, 0.1) is 11.6 Å². The number of rotatable bonds is 5. The van der Waals surface area contributed by atoms with Crippen LogP contribution in [-0.4, -0.2) is 28.5 Å². The van der Waals surface area contributed by atoms with Crippen molar-refractivity contribution in [2.24, 2.45) is 0 Å².